The largest absolute Gasteiger partial charge is 0.228 e. The van der Waals surface area contributed by atoms with Gasteiger partial charge in [0.15, 0.2) is 5.65 Å². The van der Waals surface area contributed by atoms with Crippen molar-refractivity contribution < 1.29 is 0 Å². The van der Waals surface area contributed by atoms with E-state index in [2.05, 4.69) is 55.5 Å². The Morgan fingerprint density at radius 1 is 0.769 bits per heavy atom. The van der Waals surface area contributed by atoms with Gasteiger partial charge in [0.2, 0.25) is 0 Å². The minimum absolute atomic E-state index is 0.881. The number of benzene rings is 3. The lowest BCUT2D eigenvalue weighted by Gasteiger charge is -2.04. The molecule has 0 amide bonds. The summed E-state index contributed by atoms with van der Waals surface area (Å²) in [6.07, 6.45) is 0. The van der Waals surface area contributed by atoms with Gasteiger partial charge in [-0.3, -0.25) is 0 Å². The van der Waals surface area contributed by atoms with Crippen molar-refractivity contribution in [2.24, 2.45) is 0 Å². The Labute approximate surface area is 151 Å². The Hall–Kier alpha value is -3.46. The molecule has 0 aliphatic heterocycles. The van der Waals surface area contributed by atoms with E-state index in [1.54, 1.807) is 0 Å². The topological polar surface area (TPSA) is 30.7 Å². The Kier molecular flexibility index (Phi) is 3.32. The maximum absolute atomic E-state index is 4.94. The molecular formula is C23H17N3. The molecule has 5 aromatic rings. The third-order valence-corrected chi connectivity index (χ3v) is 4.65. The second kappa shape index (κ2) is 5.81. The van der Waals surface area contributed by atoms with E-state index < -0.39 is 0 Å². The summed E-state index contributed by atoms with van der Waals surface area (Å²) < 4.78 is 1.94. The summed E-state index contributed by atoms with van der Waals surface area (Å²) in [6.45, 7) is 2.11. The zero-order chi connectivity index (χ0) is 17.5. The highest BCUT2D eigenvalue weighted by atomic mass is 15.3. The molecular weight excluding hydrogens is 318 g/mol. The molecule has 2 aromatic heterocycles. The third-order valence-electron chi connectivity index (χ3n) is 4.65. The van der Waals surface area contributed by atoms with Crippen LogP contribution >= 0.6 is 0 Å². The van der Waals surface area contributed by atoms with Crippen LogP contribution in [0.4, 0.5) is 0 Å². The first kappa shape index (κ1) is 14.8. The summed E-state index contributed by atoms with van der Waals surface area (Å²) in [5.41, 5.74) is 6.17. The smallest absolute Gasteiger partial charge is 0.164 e. The number of aryl methyl sites for hydroxylation is 1. The Balaban J connectivity index is 1.89. The summed E-state index contributed by atoms with van der Waals surface area (Å²) in [7, 11) is 0. The van der Waals surface area contributed by atoms with Gasteiger partial charge in [-0.25, -0.2) is 9.67 Å². The van der Waals surface area contributed by atoms with Gasteiger partial charge >= 0.3 is 0 Å². The molecule has 26 heavy (non-hydrogen) atoms. The van der Waals surface area contributed by atoms with Crippen LogP contribution in [-0.4, -0.2) is 14.8 Å². The second-order valence-corrected chi connectivity index (χ2v) is 6.52. The van der Waals surface area contributed by atoms with Crippen molar-refractivity contribution in [1.82, 2.24) is 14.8 Å². The Bertz CT molecular complexity index is 1220. The van der Waals surface area contributed by atoms with E-state index in [-0.39, 0.29) is 0 Å². The van der Waals surface area contributed by atoms with Gasteiger partial charge < -0.3 is 0 Å². The van der Waals surface area contributed by atoms with Crippen LogP contribution < -0.4 is 0 Å². The zero-order valence-corrected chi connectivity index (χ0v) is 14.4. The van der Waals surface area contributed by atoms with Crippen LogP contribution in [-0.2, 0) is 0 Å². The Morgan fingerprint density at radius 2 is 1.50 bits per heavy atom. The molecule has 3 aromatic carbocycles. The maximum Gasteiger partial charge on any atom is 0.164 e. The van der Waals surface area contributed by atoms with E-state index in [4.69, 9.17) is 10.1 Å². The summed E-state index contributed by atoms with van der Waals surface area (Å²) in [6, 6.07) is 29.0. The standard InChI is InChI=1S/C23H17N3/c1-16-12-13-21-18(14-16)15-20-22(17-8-4-2-5-9-17)25-26(23(20)24-21)19-10-6-3-7-11-19/h2-15H,1H3. The highest BCUT2D eigenvalue weighted by Gasteiger charge is 2.15. The van der Waals surface area contributed by atoms with Gasteiger partial charge in [0.1, 0.15) is 5.69 Å². The van der Waals surface area contributed by atoms with Gasteiger partial charge in [-0.05, 0) is 37.3 Å². The molecule has 0 radical (unpaired) electrons. The summed E-state index contributed by atoms with van der Waals surface area (Å²) >= 11 is 0. The van der Waals surface area contributed by atoms with Crippen molar-refractivity contribution in [3.8, 4) is 16.9 Å². The maximum atomic E-state index is 4.94. The van der Waals surface area contributed by atoms with Gasteiger partial charge in [-0.1, -0.05) is 60.2 Å². The Morgan fingerprint density at radius 3 is 2.27 bits per heavy atom. The second-order valence-electron chi connectivity index (χ2n) is 6.52. The predicted octanol–water partition coefficient (Wildman–Crippen LogP) is 5.55. The zero-order valence-electron chi connectivity index (χ0n) is 14.4. The van der Waals surface area contributed by atoms with Crippen LogP contribution in [0.5, 0.6) is 0 Å². The van der Waals surface area contributed by atoms with E-state index in [1.165, 1.54) is 5.56 Å². The highest BCUT2D eigenvalue weighted by Crippen LogP contribution is 2.31. The van der Waals surface area contributed by atoms with Gasteiger partial charge in [-0.15, -0.1) is 0 Å². The van der Waals surface area contributed by atoms with Crippen LogP contribution in [0.3, 0.4) is 0 Å². The molecule has 0 aliphatic rings. The lowest BCUT2D eigenvalue weighted by molar-refractivity contribution is 0.903. The van der Waals surface area contributed by atoms with Crippen molar-refractivity contribution in [3.05, 3.63) is 90.5 Å². The van der Waals surface area contributed by atoms with Crippen LogP contribution in [0.1, 0.15) is 5.56 Å². The van der Waals surface area contributed by atoms with E-state index in [0.717, 1.165) is 38.9 Å². The van der Waals surface area contributed by atoms with Gasteiger partial charge in [0.25, 0.3) is 0 Å². The minimum Gasteiger partial charge on any atom is -0.228 e. The van der Waals surface area contributed by atoms with Crippen molar-refractivity contribution in [1.29, 1.82) is 0 Å². The molecule has 3 nitrogen and oxygen atoms in total. The van der Waals surface area contributed by atoms with Crippen LogP contribution in [0.25, 0.3) is 38.9 Å². The van der Waals surface area contributed by atoms with Gasteiger partial charge in [0, 0.05) is 16.3 Å². The molecule has 0 N–H and O–H groups in total. The first-order chi connectivity index (χ1) is 12.8. The van der Waals surface area contributed by atoms with E-state index in [9.17, 15) is 0 Å². The number of hydrogen-bond acceptors (Lipinski definition) is 2. The molecule has 3 heteroatoms. The molecule has 0 aliphatic carbocycles. The first-order valence-electron chi connectivity index (χ1n) is 8.70. The average Bonchev–Trinajstić information content (AvgIpc) is 3.06. The van der Waals surface area contributed by atoms with Crippen molar-refractivity contribution in [2.75, 3.05) is 0 Å². The molecule has 0 saturated carbocycles. The quantitative estimate of drug-likeness (QED) is 0.423. The fourth-order valence-corrected chi connectivity index (χ4v) is 3.38. The van der Waals surface area contributed by atoms with Crippen LogP contribution in [0.2, 0.25) is 0 Å². The van der Waals surface area contributed by atoms with E-state index in [1.807, 2.05) is 41.1 Å². The number of nitrogens with zero attached hydrogens (tertiary/aromatic N) is 3. The fourth-order valence-electron chi connectivity index (χ4n) is 3.38. The van der Waals surface area contributed by atoms with Crippen LogP contribution in [0.15, 0.2) is 84.9 Å². The predicted molar refractivity (Wildman–Crippen MR) is 107 cm³/mol. The van der Waals surface area contributed by atoms with Crippen molar-refractivity contribution in [3.63, 3.8) is 0 Å². The lowest BCUT2D eigenvalue weighted by Crippen LogP contribution is -1.97. The molecule has 124 valence electrons. The summed E-state index contributed by atoms with van der Waals surface area (Å²) in [5.74, 6) is 0. The molecule has 5 rings (SSSR count). The van der Waals surface area contributed by atoms with E-state index >= 15 is 0 Å². The molecule has 0 spiro atoms. The monoisotopic (exact) mass is 335 g/mol. The third kappa shape index (κ3) is 2.37. The molecule has 2 heterocycles. The van der Waals surface area contributed by atoms with Gasteiger partial charge in [-0.2, -0.15) is 5.10 Å². The molecule has 0 bridgehead atoms. The number of aromatic nitrogens is 3. The molecule has 0 saturated heterocycles. The molecule has 0 atom stereocenters. The molecule has 0 unspecified atom stereocenters. The number of pyridine rings is 1. The number of fused-ring (bicyclic) bond motifs is 2. The number of hydrogen-bond donors (Lipinski definition) is 0. The van der Waals surface area contributed by atoms with Crippen molar-refractivity contribution in [2.45, 2.75) is 6.92 Å². The molecule has 0 fully saturated rings. The van der Waals surface area contributed by atoms with E-state index in [0.29, 0.717) is 0 Å². The SMILES string of the molecule is Cc1ccc2nc3c(cc2c1)c(-c1ccccc1)nn3-c1ccccc1. The summed E-state index contributed by atoms with van der Waals surface area (Å²) in [4.78, 5) is 4.94. The highest BCUT2D eigenvalue weighted by molar-refractivity contribution is 5.99. The van der Waals surface area contributed by atoms with Crippen LogP contribution in [0, 0.1) is 6.92 Å². The minimum atomic E-state index is 0.881. The number of rotatable bonds is 2. The normalized spacial score (nSPS) is 11.3. The number of para-hydroxylation sites is 1. The lowest BCUT2D eigenvalue weighted by atomic mass is 10.1. The summed E-state index contributed by atoms with van der Waals surface area (Å²) in [5, 5.41) is 7.14. The van der Waals surface area contributed by atoms with Crippen molar-refractivity contribution >= 4 is 21.9 Å². The first-order valence-corrected chi connectivity index (χ1v) is 8.70. The average molecular weight is 335 g/mol. The fraction of sp³-hybridized carbons (Fsp3) is 0.0435. The van der Waals surface area contributed by atoms with Gasteiger partial charge in [0.05, 0.1) is 11.2 Å².